The van der Waals surface area contributed by atoms with Crippen molar-refractivity contribution in [2.45, 2.75) is 26.4 Å². The fourth-order valence-electron chi connectivity index (χ4n) is 3.57. The molecule has 7 heteroatoms. The molecule has 0 bridgehead atoms. The monoisotopic (exact) mass is 422 g/mol. The van der Waals surface area contributed by atoms with Gasteiger partial charge in [-0.15, -0.1) is 0 Å². The van der Waals surface area contributed by atoms with Crippen LogP contribution in [0.5, 0.6) is 0 Å². The Bertz CT molecular complexity index is 1040. The van der Waals surface area contributed by atoms with Crippen molar-refractivity contribution in [3.05, 3.63) is 82.5 Å². The highest BCUT2D eigenvalue weighted by molar-refractivity contribution is 6.30. The molecule has 4 rings (SSSR count). The molecule has 1 N–H and O–H groups in total. The molecule has 1 atom stereocenters. The van der Waals surface area contributed by atoms with Crippen LogP contribution in [0, 0.1) is 12.8 Å². The van der Waals surface area contributed by atoms with E-state index in [9.17, 15) is 9.59 Å². The molecule has 1 aromatic heterocycles. The van der Waals surface area contributed by atoms with Gasteiger partial charge in [-0.05, 0) is 30.2 Å². The van der Waals surface area contributed by atoms with Crippen molar-refractivity contribution < 1.29 is 9.59 Å². The minimum absolute atomic E-state index is 0.00500. The number of aryl methyl sites for hydroxylation is 1. The SMILES string of the molecule is Cc1ccc(CN2CC(C(=O)Nc3ccnn3Cc3ccc(Cl)cc3)CC2=O)cc1. The average molecular weight is 423 g/mol. The third kappa shape index (κ3) is 4.71. The number of rotatable bonds is 6. The quantitative estimate of drug-likeness (QED) is 0.655. The van der Waals surface area contributed by atoms with Crippen LogP contribution in [0.1, 0.15) is 23.1 Å². The summed E-state index contributed by atoms with van der Waals surface area (Å²) in [5.74, 6) is 0.0826. The van der Waals surface area contributed by atoms with Crippen LogP contribution in [-0.4, -0.2) is 33.0 Å². The van der Waals surface area contributed by atoms with Gasteiger partial charge >= 0.3 is 0 Å². The van der Waals surface area contributed by atoms with Crippen LogP contribution >= 0.6 is 11.6 Å². The summed E-state index contributed by atoms with van der Waals surface area (Å²) < 4.78 is 1.72. The second kappa shape index (κ2) is 8.71. The number of carbonyl (C=O) groups is 2. The number of likely N-dealkylation sites (tertiary alicyclic amines) is 1. The van der Waals surface area contributed by atoms with E-state index in [0.717, 1.165) is 11.1 Å². The molecule has 1 aliphatic rings. The smallest absolute Gasteiger partial charge is 0.230 e. The molecule has 0 saturated carbocycles. The van der Waals surface area contributed by atoms with Crippen molar-refractivity contribution in [3.63, 3.8) is 0 Å². The second-order valence-electron chi connectivity index (χ2n) is 7.65. The van der Waals surface area contributed by atoms with E-state index in [-0.39, 0.29) is 24.2 Å². The highest BCUT2D eigenvalue weighted by Gasteiger charge is 2.34. The summed E-state index contributed by atoms with van der Waals surface area (Å²) >= 11 is 5.94. The number of nitrogens with zero attached hydrogens (tertiary/aromatic N) is 3. The van der Waals surface area contributed by atoms with Gasteiger partial charge in [-0.25, -0.2) is 4.68 Å². The van der Waals surface area contributed by atoms with E-state index in [4.69, 9.17) is 11.6 Å². The molecule has 2 aromatic carbocycles. The van der Waals surface area contributed by atoms with Gasteiger partial charge in [-0.2, -0.15) is 5.10 Å². The first-order chi connectivity index (χ1) is 14.5. The number of hydrogen-bond acceptors (Lipinski definition) is 3. The fourth-order valence-corrected chi connectivity index (χ4v) is 3.70. The Kier molecular flexibility index (Phi) is 5.86. The molecule has 1 saturated heterocycles. The minimum atomic E-state index is -0.373. The van der Waals surface area contributed by atoms with Crippen LogP contribution in [0.3, 0.4) is 0 Å². The van der Waals surface area contributed by atoms with Gasteiger partial charge in [-0.3, -0.25) is 9.59 Å². The molecule has 154 valence electrons. The highest BCUT2D eigenvalue weighted by Crippen LogP contribution is 2.22. The lowest BCUT2D eigenvalue weighted by Gasteiger charge is -2.17. The summed E-state index contributed by atoms with van der Waals surface area (Å²) in [5, 5.41) is 7.91. The molecule has 0 radical (unpaired) electrons. The van der Waals surface area contributed by atoms with Crippen LogP contribution in [0.4, 0.5) is 5.82 Å². The Morgan fingerprint density at radius 2 is 1.73 bits per heavy atom. The topological polar surface area (TPSA) is 67.2 Å². The van der Waals surface area contributed by atoms with Gasteiger partial charge < -0.3 is 10.2 Å². The Morgan fingerprint density at radius 3 is 2.47 bits per heavy atom. The second-order valence-corrected chi connectivity index (χ2v) is 8.09. The predicted molar refractivity (Wildman–Crippen MR) is 116 cm³/mol. The van der Waals surface area contributed by atoms with E-state index < -0.39 is 0 Å². The standard InChI is InChI=1S/C23H23ClN4O2/c1-16-2-4-17(5-3-16)13-27-15-19(12-22(27)29)23(30)26-21-10-11-25-28(21)14-18-6-8-20(24)9-7-18/h2-11,19H,12-15H2,1H3,(H,26,30). The molecular weight excluding hydrogens is 400 g/mol. The maximum atomic E-state index is 12.8. The third-order valence-corrected chi connectivity index (χ3v) is 5.54. The van der Waals surface area contributed by atoms with Crippen molar-refractivity contribution in [2.24, 2.45) is 5.92 Å². The zero-order valence-electron chi connectivity index (χ0n) is 16.7. The van der Waals surface area contributed by atoms with Crippen LogP contribution in [-0.2, 0) is 22.7 Å². The van der Waals surface area contributed by atoms with E-state index in [1.54, 1.807) is 21.8 Å². The highest BCUT2D eigenvalue weighted by atomic mass is 35.5. The van der Waals surface area contributed by atoms with Crippen LogP contribution < -0.4 is 5.32 Å². The lowest BCUT2D eigenvalue weighted by atomic mass is 10.1. The van der Waals surface area contributed by atoms with Gasteiger partial charge in [0.1, 0.15) is 5.82 Å². The molecule has 2 heterocycles. The minimum Gasteiger partial charge on any atom is -0.338 e. The van der Waals surface area contributed by atoms with Crippen LogP contribution in [0.2, 0.25) is 5.02 Å². The molecule has 3 aromatic rings. The first kappa shape index (κ1) is 20.2. The van der Waals surface area contributed by atoms with Gasteiger partial charge in [0.05, 0.1) is 18.7 Å². The van der Waals surface area contributed by atoms with Crippen molar-refractivity contribution in [3.8, 4) is 0 Å². The number of benzene rings is 2. The molecule has 6 nitrogen and oxygen atoms in total. The molecule has 2 amide bonds. The number of halogens is 1. The number of carbonyl (C=O) groups excluding carboxylic acids is 2. The van der Waals surface area contributed by atoms with Gasteiger partial charge in [0.15, 0.2) is 0 Å². The Morgan fingerprint density at radius 1 is 1.07 bits per heavy atom. The molecule has 0 spiro atoms. The largest absolute Gasteiger partial charge is 0.338 e. The average Bonchev–Trinajstić information content (AvgIpc) is 3.32. The van der Waals surface area contributed by atoms with Gasteiger partial charge in [-0.1, -0.05) is 53.6 Å². The number of hydrogen-bond donors (Lipinski definition) is 1. The lowest BCUT2D eigenvalue weighted by Crippen LogP contribution is -2.28. The maximum absolute atomic E-state index is 12.8. The molecule has 1 unspecified atom stereocenters. The summed E-state index contributed by atoms with van der Waals surface area (Å²) in [5.41, 5.74) is 3.27. The van der Waals surface area contributed by atoms with E-state index in [1.165, 1.54) is 5.56 Å². The van der Waals surface area contributed by atoms with E-state index in [2.05, 4.69) is 10.4 Å². The molecular formula is C23H23ClN4O2. The van der Waals surface area contributed by atoms with Gasteiger partial charge in [0.25, 0.3) is 0 Å². The Labute approximate surface area is 180 Å². The maximum Gasteiger partial charge on any atom is 0.230 e. The first-order valence-electron chi connectivity index (χ1n) is 9.88. The zero-order valence-corrected chi connectivity index (χ0v) is 17.5. The number of aromatic nitrogens is 2. The third-order valence-electron chi connectivity index (χ3n) is 5.29. The number of anilines is 1. The summed E-state index contributed by atoms with van der Waals surface area (Å²) in [6, 6.07) is 17.4. The Hall–Kier alpha value is -3.12. The van der Waals surface area contributed by atoms with Crippen molar-refractivity contribution in [2.75, 3.05) is 11.9 Å². The van der Waals surface area contributed by atoms with Crippen molar-refractivity contribution in [1.82, 2.24) is 14.7 Å². The van der Waals surface area contributed by atoms with Crippen LogP contribution in [0.15, 0.2) is 60.8 Å². The molecule has 1 aliphatic heterocycles. The first-order valence-corrected chi connectivity index (χ1v) is 10.3. The van der Waals surface area contributed by atoms with Crippen molar-refractivity contribution in [1.29, 1.82) is 0 Å². The lowest BCUT2D eigenvalue weighted by molar-refractivity contribution is -0.128. The van der Waals surface area contributed by atoms with E-state index in [0.29, 0.717) is 30.5 Å². The molecule has 0 aliphatic carbocycles. The summed E-state index contributed by atoms with van der Waals surface area (Å²) in [7, 11) is 0. The normalized spacial score (nSPS) is 16.1. The summed E-state index contributed by atoms with van der Waals surface area (Å²) in [6.07, 6.45) is 1.87. The summed E-state index contributed by atoms with van der Waals surface area (Å²) in [6.45, 7) is 3.49. The van der Waals surface area contributed by atoms with Crippen LogP contribution in [0.25, 0.3) is 0 Å². The number of amides is 2. The Balaban J connectivity index is 1.37. The number of nitrogens with one attached hydrogen (secondary N) is 1. The van der Waals surface area contributed by atoms with Gasteiger partial charge in [0.2, 0.25) is 11.8 Å². The van der Waals surface area contributed by atoms with Crippen molar-refractivity contribution >= 4 is 29.2 Å². The fraction of sp³-hybridized carbons (Fsp3) is 0.261. The van der Waals surface area contributed by atoms with E-state index >= 15 is 0 Å². The van der Waals surface area contributed by atoms with Gasteiger partial charge in [0, 0.05) is 30.6 Å². The summed E-state index contributed by atoms with van der Waals surface area (Å²) in [4.78, 5) is 27.0. The molecule has 30 heavy (non-hydrogen) atoms. The molecule has 1 fully saturated rings. The zero-order chi connectivity index (χ0) is 21.1. The predicted octanol–water partition coefficient (Wildman–Crippen LogP) is 3.88. The van der Waals surface area contributed by atoms with E-state index in [1.807, 2.05) is 55.5 Å².